The summed E-state index contributed by atoms with van der Waals surface area (Å²) in [7, 11) is 3.49. The van der Waals surface area contributed by atoms with E-state index in [2.05, 4.69) is 22.5 Å². The molecule has 5 nitrogen and oxygen atoms in total. The SMILES string of the molecule is CCCCCCCCCNC(=NCC(=O)N(C)C)NCC.I. The smallest absolute Gasteiger partial charge is 0.243 e. The lowest BCUT2D eigenvalue weighted by Crippen LogP contribution is -2.38. The molecule has 2 N–H and O–H groups in total. The average molecular weight is 426 g/mol. The highest BCUT2D eigenvalue weighted by atomic mass is 127. The molecule has 0 unspecified atom stereocenters. The van der Waals surface area contributed by atoms with Gasteiger partial charge in [-0.25, -0.2) is 4.99 Å². The number of nitrogens with one attached hydrogen (secondary N) is 2. The molecule has 0 aliphatic carbocycles. The van der Waals surface area contributed by atoms with Crippen LogP contribution in [0.3, 0.4) is 0 Å². The summed E-state index contributed by atoms with van der Waals surface area (Å²) in [5.74, 6) is 0.752. The molecule has 0 bridgehead atoms. The van der Waals surface area contributed by atoms with Crippen LogP contribution < -0.4 is 10.6 Å². The normalized spacial score (nSPS) is 10.8. The van der Waals surface area contributed by atoms with Crippen LogP contribution in [0.5, 0.6) is 0 Å². The summed E-state index contributed by atoms with van der Waals surface area (Å²) in [4.78, 5) is 17.4. The van der Waals surface area contributed by atoms with Gasteiger partial charge in [-0.15, -0.1) is 24.0 Å². The Labute approximate surface area is 153 Å². The third-order valence-electron chi connectivity index (χ3n) is 3.29. The van der Waals surface area contributed by atoms with E-state index in [-0.39, 0.29) is 36.4 Å². The van der Waals surface area contributed by atoms with E-state index >= 15 is 0 Å². The maximum absolute atomic E-state index is 11.5. The van der Waals surface area contributed by atoms with Crippen LogP contribution in [-0.2, 0) is 4.79 Å². The number of nitrogens with zero attached hydrogens (tertiary/aromatic N) is 2. The first-order valence-electron chi connectivity index (χ1n) is 8.34. The Kier molecular flexibility index (Phi) is 18.2. The number of hydrogen-bond donors (Lipinski definition) is 2. The Morgan fingerprint density at radius 3 is 2.09 bits per heavy atom. The molecule has 0 aliphatic rings. The molecule has 0 atom stereocenters. The van der Waals surface area contributed by atoms with Crippen LogP contribution in [0.1, 0.15) is 58.8 Å². The molecule has 0 rings (SSSR count). The van der Waals surface area contributed by atoms with Gasteiger partial charge in [-0.05, 0) is 13.3 Å². The van der Waals surface area contributed by atoms with Crippen molar-refractivity contribution in [2.75, 3.05) is 33.7 Å². The third-order valence-corrected chi connectivity index (χ3v) is 3.29. The zero-order valence-electron chi connectivity index (χ0n) is 14.8. The van der Waals surface area contributed by atoms with Crippen LogP contribution in [0, 0.1) is 0 Å². The topological polar surface area (TPSA) is 56.7 Å². The molecule has 6 heteroatoms. The number of guanidine groups is 1. The van der Waals surface area contributed by atoms with Gasteiger partial charge in [0.15, 0.2) is 5.96 Å². The van der Waals surface area contributed by atoms with Crippen molar-refractivity contribution in [1.29, 1.82) is 0 Å². The first-order chi connectivity index (χ1) is 10.1. The third kappa shape index (κ3) is 14.4. The van der Waals surface area contributed by atoms with Crippen LogP contribution in [0.4, 0.5) is 0 Å². The molecule has 0 aromatic carbocycles. The lowest BCUT2D eigenvalue weighted by atomic mass is 10.1. The van der Waals surface area contributed by atoms with E-state index in [9.17, 15) is 4.79 Å². The highest BCUT2D eigenvalue weighted by molar-refractivity contribution is 14.0. The van der Waals surface area contributed by atoms with E-state index in [1.807, 2.05) is 6.92 Å². The van der Waals surface area contributed by atoms with E-state index in [0.29, 0.717) is 0 Å². The standard InChI is InChI=1S/C16H34N4O.HI/c1-5-7-8-9-10-11-12-13-18-16(17-6-2)19-14-15(21)20(3)4;/h5-14H2,1-4H3,(H2,17,18,19);1H. The molecular formula is C16H35IN4O. The van der Waals surface area contributed by atoms with Gasteiger partial charge in [0.1, 0.15) is 6.54 Å². The summed E-state index contributed by atoms with van der Waals surface area (Å²) >= 11 is 0. The summed E-state index contributed by atoms with van der Waals surface area (Å²) in [6, 6.07) is 0. The molecule has 0 aromatic rings. The second kappa shape index (κ2) is 16.8. The van der Waals surface area contributed by atoms with Crippen molar-refractivity contribution in [3.8, 4) is 0 Å². The Balaban J connectivity index is 0. The van der Waals surface area contributed by atoms with Gasteiger partial charge in [0, 0.05) is 27.2 Å². The molecule has 22 heavy (non-hydrogen) atoms. The summed E-state index contributed by atoms with van der Waals surface area (Å²) in [5.41, 5.74) is 0. The van der Waals surface area contributed by atoms with Crippen molar-refractivity contribution in [2.45, 2.75) is 58.8 Å². The fraction of sp³-hybridized carbons (Fsp3) is 0.875. The maximum atomic E-state index is 11.5. The quantitative estimate of drug-likeness (QED) is 0.231. The van der Waals surface area contributed by atoms with Crippen molar-refractivity contribution in [1.82, 2.24) is 15.5 Å². The number of likely N-dealkylation sites (N-methyl/N-ethyl adjacent to an activating group) is 1. The zero-order valence-corrected chi connectivity index (χ0v) is 17.1. The monoisotopic (exact) mass is 426 g/mol. The predicted octanol–water partition coefficient (Wildman–Crippen LogP) is 3.00. The molecule has 0 heterocycles. The molecule has 0 saturated carbocycles. The minimum absolute atomic E-state index is 0. The van der Waals surface area contributed by atoms with Gasteiger partial charge in [-0.3, -0.25) is 4.79 Å². The van der Waals surface area contributed by atoms with Crippen molar-refractivity contribution >= 4 is 35.8 Å². The predicted molar refractivity (Wildman–Crippen MR) is 106 cm³/mol. The van der Waals surface area contributed by atoms with Gasteiger partial charge in [-0.2, -0.15) is 0 Å². The highest BCUT2D eigenvalue weighted by Crippen LogP contribution is 2.06. The van der Waals surface area contributed by atoms with Gasteiger partial charge < -0.3 is 15.5 Å². The number of hydrogen-bond acceptors (Lipinski definition) is 2. The average Bonchev–Trinajstić information content (AvgIpc) is 2.46. The molecule has 0 fully saturated rings. The number of carbonyl (C=O) groups excluding carboxylic acids is 1. The minimum Gasteiger partial charge on any atom is -0.357 e. The van der Waals surface area contributed by atoms with Gasteiger partial charge in [-0.1, -0.05) is 45.4 Å². The fourth-order valence-corrected chi connectivity index (χ4v) is 1.92. The highest BCUT2D eigenvalue weighted by Gasteiger charge is 2.03. The number of rotatable bonds is 11. The van der Waals surface area contributed by atoms with E-state index in [1.165, 1.54) is 38.5 Å². The first kappa shape index (κ1) is 23.7. The van der Waals surface area contributed by atoms with E-state index < -0.39 is 0 Å². The lowest BCUT2D eigenvalue weighted by Gasteiger charge is -2.12. The Hall–Kier alpha value is -0.530. The summed E-state index contributed by atoms with van der Waals surface area (Å²) in [6.45, 7) is 6.18. The number of aliphatic imine (C=N–C) groups is 1. The van der Waals surface area contributed by atoms with Gasteiger partial charge in [0.05, 0.1) is 0 Å². The van der Waals surface area contributed by atoms with Crippen LogP contribution in [-0.4, -0.2) is 50.5 Å². The lowest BCUT2D eigenvalue weighted by molar-refractivity contribution is -0.127. The van der Waals surface area contributed by atoms with Crippen LogP contribution in [0.2, 0.25) is 0 Å². The maximum Gasteiger partial charge on any atom is 0.243 e. The van der Waals surface area contributed by atoms with Gasteiger partial charge >= 0.3 is 0 Å². The molecule has 0 saturated heterocycles. The first-order valence-corrected chi connectivity index (χ1v) is 8.34. The Morgan fingerprint density at radius 1 is 0.955 bits per heavy atom. The van der Waals surface area contributed by atoms with Crippen LogP contribution in [0.25, 0.3) is 0 Å². The second-order valence-electron chi connectivity index (χ2n) is 5.53. The van der Waals surface area contributed by atoms with E-state index in [1.54, 1.807) is 19.0 Å². The van der Waals surface area contributed by atoms with Crippen LogP contribution >= 0.6 is 24.0 Å². The Bertz CT molecular complexity index is 296. The number of unbranched alkanes of at least 4 members (excludes halogenated alkanes) is 6. The van der Waals surface area contributed by atoms with Gasteiger partial charge in [0.25, 0.3) is 0 Å². The number of amides is 1. The molecule has 0 radical (unpaired) electrons. The molecule has 0 aromatic heterocycles. The summed E-state index contributed by atoms with van der Waals surface area (Å²) in [5, 5.41) is 6.45. The van der Waals surface area contributed by atoms with E-state index in [0.717, 1.165) is 25.5 Å². The minimum atomic E-state index is 0. The number of halogens is 1. The molecular weight excluding hydrogens is 391 g/mol. The molecule has 132 valence electrons. The van der Waals surface area contributed by atoms with Crippen molar-refractivity contribution in [3.63, 3.8) is 0 Å². The summed E-state index contributed by atoms with van der Waals surface area (Å²) < 4.78 is 0. The largest absolute Gasteiger partial charge is 0.357 e. The fourth-order valence-electron chi connectivity index (χ4n) is 1.92. The van der Waals surface area contributed by atoms with Crippen molar-refractivity contribution in [2.24, 2.45) is 4.99 Å². The van der Waals surface area contributed by atoms with Gasteiger partial charge in [0.2, 0.25) is 5.91 Å². The Morgan fingerprint density at radius 2 is 1.55 bits per heavy atom. The van der Waals surface area contributed by atoms with Crippen LogP contribution in [0.15, 0.2) is 4.99 Å². The molecule has 0 aliphatic heterocycles. The van der Waals surface area contributed by atoms with E-state index in [4.69, 9.17) is 0 Å². The second-order valence-corrected chi connectivity index (χ2v) is 5.53. The number of carbonyl (C=O) groups is 1. The zero-order chi connectivity index (χ0) is 15.9. The molecule has 0 spiro atoms. The summed E-state index contributed by atoms with van der Waals surface area (Å²) in [6.07, 6.45) is 9.09. The molecule has 1 amide bonds. The van der Waals surface area contributed by atoms with Crippen molar-refractivity contribution < 1.29 is 4.79 Å². The van der Waals surface area contributed by atoms with Crippen molar-refractivity contribution in [3.05, 3.63) is 0 Å².